The zero-order valence-corrected chi connectivity index (χ0v) is 22.6. The monoisotopic (exact) mass is 520 g/mol. The van der Waals surface area contributed by atoms with Gasteiger partial charge in [0.1, 0.15) is 5.60 Å². The average molecular weight is 521 g/mol. The highest BCUT2D eigenvalue weighted by molar-refractivity contribution is 5.99. The molecule has 0 fully saturated rings. The van der Waals surface area contributed by atoms with Crippen LogP contribution >= 0.6 is 0 Å². The lowest BCUT2D eigenvalue weighted by Gasteiger charge is -2.22. The summed E-state index contributed by atoms with van der Waals surface area (Å²) in [5.74, 6) is -0.954. The summed E-state index contributed by atoms with van der Waals surface area (Å²) in [5.41, 5.74) is 4.69. The molecule has 2 N–H and O–H groups in total. The van der Waals surface area contributed by atoms with Crippen molar-refractivity contribution < 1.29 is 19.4 Å². The fourth-order valence-electron chi connectivity index (χ4n) is 5.01. The quantitative estimate of drug-likeness (QED) is 0.239. The number of carboxylic acid groups (broad SMARTS) is 1. The van der Waals surface area contributed by atoms with Crippen LogP contribution in [0.2, 0.25) is 0 Å². The third-order valence-electron chi connectivity index (χ3n) is 6.74. The number of amides is 1. The second kappa shape index (κ2) is 10.3. The Kier molecular flexibility index (Phi) is 6.87. The molecule has 6 heteroatoms. The lowest BCUT2D eigenvalue weighted by Crippen LogP contribution is -2.34. The molecule has 6 nitrogen and oxygen atoms in total. The molecule has 0 radical (unpaired) electrons. The van der Waals surface area contributed by atoms with E-state index in [0.29, 0.717) is 6.54 Å². The van der Waals surface area contributed by atoms with Crippen molar-refractivity contribution in [3.8, 4) is 11.1 Å². The molecule has 4 aromatic carbocycles. The van der Waals surface area contributed by atoms with Crippen LogP contribution in [-0.4, -0.2) is 27.3 Å². The van der Waals surface area contributed by atoms with Crippen molar-refractivity contribution in [2.24, 2.45) is 0 Å². The third kappa shape index (κ3) is 5.65. The molecule has 0 aliphatic carbocycles. The van der Waals surface area contributed by atoms with Gasteiger partial charge in [-0.3, -0.25) is 0 Å². The standard InChI is InChI=1S/C33H32N2O4/c1-21(34-32(38)39-33(2,3)4)29-20-35(19-22-9-7-12-25(17-22)31(36)37)30-16-15-24(18-28(29)30)27-14-8-11-23-10-5-6-13-26(23)27/h5-18,20-21H,19H2,1-4H3,(H,34,38)(H,36,37). The van der Waals surface area contributed by atoms with Gasteiger partial charge in [-0.2, -0.15) is 0 Å². The van der Waals surface area contributed by atoms with Gasteiger partial charge in [-0.05, 0) is 85.0 Å². The predicted molar refractivity (Wildman–Crippen MR) is 155 cm³/mol. The molecule has 1 amide bonds. The number of rotatable bonds is 6. The Balaban J connectivity index is 1.60. The zero-order valence-electron chi connectivity index (χ0n) is 22.6. The first-order valence-corrected chi connectivity index (χ1v) is 13.0. The molecular formula is C33H32N2O4. The van der Waals surface area contributed by atoms with Gasteiger partial charge in [-0.25, -0.2) is 9.59 Å². The number of fused-ring (bicyclic) bond motifs is 2. The number of hydrogen-bond donors (Lipinski definition) is 2. The molecule has 1 heterocycles. The van der Waals surface area contributed by atoms with E-state index in [0.717, 1.165) is 33.2 Å². The van der Waals surface area contributed by atoms with E-state index in [9.17, 15) is 14.7 Å². The number of carbonyl (C=O) groups is 2. The van der Waals surface area contributed by atoms with E-state index >= 15 is 0 Å². The van der Waals surface area contributed by atoms with Crippen molar-refractivity contribution in [3.63, 3.8) is 0 Å². The highest BCUT2D eigenvalue weighted by Crippen LogP contribution is 2.34. The van der Waals surface area contributed by atoms with Crippen LogP contribution in [0, 0.1) is 0 Å². The molecule has 5 aromatic rings. The largest absolute Gasteiger partial charge is 0.478 e. The Labute approximate surface area is 227 Å². The number of nitrogens with zero attached hydrogens (tertiary/aromatic N) is 1. The summed E-state index contributed by atoms with van der Waals surface area (Å²) in [4.78, 5) is 24.1. The number of carboxylic acids is 1. The molecule has 1 unspecified atom stereocenters. The second-order valence-corrected chi connectivity index (χ2v) is 10.8. The molecule has 0 aliphatic heterocycles. The molecule has 0 bridgehead atoms. The van der Waals surface area contributed by atoms with Gasteiger partial charge < -0.3 is 19.7 Å². The number of nitrogens with one attached hydrogen (secondary N) is 1. The molecule has 0 saturated carbocycles. The van der Waals surface area contributed by atoms with E-state index in [2.05, 4.69) is 58.4 Å². The molecular weight excluding hydrogens is 488 g/mol. The maximum Gasteiger partial charge on any atom is 0.408 e. The summed E-state index contributed by atoms with van der Waals surface area (Å²) >= 11 is 0. The number of ether oxygens (including phenoxy) is 1. The molecule has 0 aliphatic rings. The van der Waals surface area contributed by atoms with Crippen LogP contribution < -0.4 is 5.32 Å². The SMILES string of the molecule is CC(NC(=O)OC(C)(C)C)c1cn(Cc2cccc(C(=O)O)c2)c2ccc(-c3cccc4ccccc34)cc12. The van der Waals surface area contributed by atoms with Crippen LogP contribution in [-0.2, 0) is 11.3 Å². The lowest BCUT2D eigenvalue weighted by molar-refractivity contribution is 0.0507. The van der Waals surface area contributed by atoms with Gasteiger partial charge in [-0.15, -0.1) is 0 Å². The highest BCUT2D eigenvalue weighted by Gasteiger charge is 2.21. The maximum absolute atomic E-state index is 12.6. The first kappa shape index (κ1) is 26.0. The molecule has 0 saturated heterocycles. The average Bonchev–Trinajstić information content (AvgIpc) is 3.25. The number of carbonyl (C=O) groups excluding carboxylic acids is 1. The Morgan fingerprint density at radius 2 is 1.67 bits per heavy atom. The Bertz CT molecular complexity index is 1690. The lowest BCUT2D eigenvalue weighted by atomic mass is 9.96. The van der Waals surface area contributed by atoms with Crippen LogP contribution in [0.5, 0.6) is 0 Å². The van der Waals surface area contributed by atoms with Gasteiger partial charge in [0, 0.05) is 23.6 Å². The number of aromatic carboxylic acids is 1. The topological polar surface area (TPSA) is 80.6 Å². The third-order valence-corrected chi connectivity index (χ3v) is 6.74. The van der Waals surface area contributed by atoms with Crippen molar-refractivity contribution in [1.29, 1.82) is 0 Å². The summed E-state index contributed by atoms with van der Waals surface area (Å²) in [7, 11) is 0. The molecule has 5 rings (SSSR count). The minimum Gasteiger partial charge on any atom is -0.478 e. The molecule has 0 spiro atoms. The van der Waals surface area contributed by atoms with Crippen LogP contribution in [0.4, 0.5) is 4.79 Å². The van der Waals surface area contributed by atoms with Crippen LogP contribution in [0.15, 0.2) is 91.1 Å². The number of hydrogen-bond acceptors (Lipinski definition) is 3. The van der Waals surface area contributed by atoms with E-state index < -0.39 is 17.7 Å². The summed E-state index contributed by atoms with van der Waals surface area (Å²) in [6.07, 6.45) is 1.56. The Hall–Kier alpha value is -4.58. The van der Waals surface area contributed by atoms with Crippen molar-refractivity contribution >= 4 is 33.7 Å². The minimum absolute atomic E-state index is 0.252. The summed E-state index contributed by atoms with van der Waals surface area (Å²) in [6, 6.07) is 27.6. The van der Waals surface area contributed by atoms with E-state index in [4.69, 9.17) is 4.74 Å². The van der Waals surface area contributed by atoms with Crippen molar-refractivity contribution in [2.75, 3.05) is 0 Å². The van der Waals surface area contributed by atoms with Crippen LogP contribution in [0.3, 0.4) is 0 Å². The molecule has 1 aromatic heterocycles. The maximum atomic E-state index is 12.6. The Morgan fingerprint density at radius 3 is 2.44 bits per heavy atom. The van der Waals surface area contributed by atoms with Crippen molar-refractivity contribution in [2.45, 2.75) is 45.9 Å². The summed E-state index contributed by atoms with van der Waals surface area (Å²) in [6.45, 7) is 7.95. The Morgan fingerprint density at radius 1 is 0.923 bits per heavy atom. The smallest absolute Gasteiger partial charge is 0.408 e. The van der Waals surface area contributed by atoms with Gasteiger partial charge in [0.2, 0.25) is 0 Å². The van der Waals surface area contributed by atoms with Crippen molar-refractivity contribution in [1.82, 2.24) is 9.88 Å². The molecule has 198 valence electrons. The van der Waals surface area contributed by atoms with Crippen LogP contribution in [0.1, 0.15) is 55.2 Å². The normalized spacial score (nSPS) is 12.4. The number of benzene rings is 4. The fraction of sp³-hybridized carbons (Fsp3) is 0.212. The van der Waals surface area contributed by atoms with E-state index in [1.165, 1.54) is 10.8 Å². The van der Waals surface area contributed by atoms with E-state index in [1.807, 2.05) is 52.1 Å². The summed E-state index contributed by atoms with van der Waals surface area (Å²) in [5, 5.41) is 15.8. The van der Waals surface area contributed by atoms with E-state index in [1.54, 1.807) is 18.2 Å². The highest BCUT2D eigenvalue weighted by atomic mass is 16.6. The van der Waals surface area contributed by atoms with Gasteiger partial charge in [-0.1, -0.05) is 60.7 Å². The summed E-state index contributed by atoms with van der Waals surface area (Å²) < 4.78 is 7.61. The first-order valence-electron chi connectivity index (χ1n) is 13.0. The fourth-order valence-corrected chi connectivity index (χ4v) is 5.01. The molecule has 39 heavy (non-hydrogen) atoms. The second-order valence-electron chi connectivity index (χ2n) is 10.8. The minimum atomic E-state index is -0.954. The van der Waals surface area contributed by atoms with Crippen molar-refractivity contribution in [3.05, 3.63) is 108 Å². The number of aromatic nitrogens is 1. The van der Waals surface area contributed by atoms with Gasteiger partial charge >= 0.3 is 12.1 Å². The zero-order chi connectivity index (χ0) is 27.7. The van der Waals surface area contributed by atoms with Crippen LogP contribution in [0.25, 0.3) is 32.8 Å². The predicted octanol–water partition coefficient (Wildman–Crippen LogP) is 7.79. The first-order chi connectivity index (χ1) is 18.6. The molecule has 1 atom stereocenters. The van der Waals surface area contributed by atoms with E-state index in [-0.39, 0.29) is 11.6 Å². The number of alkyl carbamates (subject to hydrolysis) is 1. The van der Waals surface area contributed by atoms with Gasteiger partial charge in [0.05, 0.1) is 11.6 Å². The van der Waals surface area contributed by atoms with Gasteiger partial charge in [0.25, 0.3) is 0 Å². The van der Waals surface area contributed by atoms with Gasteiger partial charge in [0.15, 0.2) is 0 Å².